The summed E-state index contributed by atoms with van der Waals surface area (Å²) in [4.78, 5) is 25.2. The van der Waals surface area contributed by atoms with E-state index < -0.39 is 0 Å². The maximum Gasteiger partial charge on any atom is 0.223 e. The number of rotatable bonds is 5. The van der Waals surface area contributed by atoms with Gasteiger partial charge in [-0.1, -0.05) is 23.2 Å². The van der Waals surface area contributed by atoms with Crippen molar-refractivity contribution in [3.05, 3.63) is 51.9 Å². The zero-order chi connectivity index (χ0) is 19.5. The minimum atomic E-state index is 0.114. The second kappa shape index (κ2) is 8.51. The van der Waals surface area contributed by atoms with E-state index in [0.29, 0.717) is 47.6 Å². The number of carbonyl (C=O) groups excluding carboxylic acids is 1. The number of piperazine rings is 1. The monoisotopic (exact) mass is 436 g/mol. The number of halogens is 2. The number of hydrogen-bond donors (Lipinski definition) is 0. The average molecular weight is 437 g/mol. The van der Waals surface area contributed by atoms with Crippen molar-refractivity contribution in [2.24, 2.45) is 0 Å². The van der Waals surface area contributed by atoms with Crippen LogP contribution in [0.1, 0.15) is 12.3 Å². The van der Waals surface area contributed by atoms with Gasteiger partial charge in [0.2, 0.25) is 5.91 Å². The van der Waals surface area contributed by atoms with Gasteiger partial charge in [0.25, 0.3) is 0 Å². The zero-order valence-electron chi connectivity index (χ0n) is 15.0. The number of benzene rings is 1. The topological polar surface area (TPSA) is 62.5 Å². The Morgan fingerprint density at radius 1 is 1.18 bits per heavy atom. The molecule has 1 aliphatic rings. The molecule has 2 aromatic heterocycles. The quantitative estimate of drug-likeness (QED) is 0.593. The van der Waals surface area contributed by atoms with Crippen molar-refractivity contribution in [2.75, 3.05) is 31.1 Å². The van der Waals surface area contributed by atoms with Crippen molar-refractivity contribution in [2.45, 2.75) is 12.8 Å². The third-order valence-electron chi connectivity index (χ3n) is 4.63. The molecule has 0 unspecified atom stereocenters. The van der Waals surface area contributed by atoms with Crippen molar-refractivity contribution in [1.29, 1.82) is 0 Å². The van der Waals surface area contributed by atoms with Gasteiger partial charge >= 0.3 is 0 Å². The number of amides is 1. The Balaban J connectivity index is 1.30. The molecule has 0 N–H and O–H groups in total. The van der Waals surface area contributed by atoms with Crippen LogP contribution >= 0.6 is 34.5 Å². The number of hydrogen-bond acceptors (Lipinski definition) is 6. The molecule has 0 bridgehead atoms. The van der Waals surface area contributed by atoms with Crippen LogP contribution < -0.4 is 4.90 Å². The van der Waals surface area contributed by atoms with Crippen LogP contribution in [0.2, 0.25) is 10.0 Å². The summed E-state index contributed by atoms with van der Waals surface area (Å²) in [5.41, 5.74) is 0.731. The molecule has 146 valence electrons. The molecule has 28 heavy (non-hydrogen) atoms. The van der Waals surface area contributed by atoms with Crippen LogP contribution in [0.4, 0.5) is 5.13 Å². The van der Waals surface area contributed by atoms with Gasteiger partial charge < -0.3 is 14.2 Å². The number of oxazole rings is 1. The molecular formula is C19H18Cl2N4O2S. The summed E-state index contributed by atoms with van der Waals surface area (Å²) >= 11 is 13.8. The van der Waals surface area contributed by atoms with E-state index in [-0.39, 0.29) is 5.91 Å². The van der Waals surface area contributed by atoms with Gasteiger partial charge in [-0.15, -0.1) is 11.3 Å². The summed E-state index contributed by atoms with van der Waals surface area (Å²) in [6.07, 6.45) is 4.25. The Kier molecular flexibility index (Phi) is 5.85. The maximum absolute atomic E-state index is 12.5. The summed E-state index contributed by atoms with van der Waals surface area (Å²) in [7, 11) is 0. The average Bonchev–Trinajstić information content (AvgIpc) is 3.38. The third kappa shape index (κ3) is 4.32. The van der Waals surface area contributed by atoms with Crippen LogP contribution in [0.3, 0.4) is 0 Å². The first-order valence-corrected chi connectivity index (χ1v) is 10.6. The molecule has 3 heterocycles. The van der Waals surface area contributed by atoms with Crippen molar-refractivity contribution in [3.63, 3.8) is 0 Å². The van der Waals surface area contributed by atoms with Crippen LogP contribution in [0.25, 0.3) is 11.3 Å². The van der Waals surface area contributed by atoms with Gasteiger partial charge in [0.1, 0.15) is 0 Å². The fourth-order valence-corrected chi connectivity index (χ4v) is 4.33. The number of anilines is 1. The standard InChI is InChI=1S/C19H18Cl2N4O2S/c20-13-1-2-14(15(21)11-13)16-12-23-17(27-16)3-4-18(26)24-6-8-25(9-7-24)19-22-5-10-28-19/h1-2,5,10-12H,3-4,6-9H2. The molecule has 0 spiro atoms. The van der Waals surface area contributed by atoms with E-state index in [9.17, 15) is 4.79 Å². The van der Waals surface area contributed by atoms with E-state index >= 15 is 0 Å². The Labute approximate surface area is 176 Å². The lowest BCUT2D eigenvalue weighted by atomic mass is 10.2. The molecule has 0 atom stereocenters. The Morgan fingerprint density at radius 2 is 2.00 bits per heavy atom. The highest BCUT2D eigenvalue weighted by molar-refractivity contribution is 7.13. The van der Waals surface area contributed by atoms with E-state index in [1.165, 1.54) is 0 Å². The van der Waals surface area contributed by atoms with Crippen molar-refractivity contribution < 1.29 is 9.21 Å². The van der Waals surface area contributed by atoms with Gasteiger partial charge in [-0.3, -0.25) is 4.79 Å². The summed E-state index contributed by atoms with van der Waals surface area (Å²) in [5, 5.41) is 4.05. The number of nitrogens with zero attached hydrogens (tertiary/aromatic N) is 4. The Hall–Kier alpha value is -2.09. The summed E-state index contributed by atoms with van der Waals surface area (Å²) < 4.78 is 5.77. The molecule has 4 rings (SSSR count). The van der Waals surface area contributed by atoms with Gasteiger partial charge in [-0.2, -0.15) is 0 Å². The first kappa shape index (κ1) is 19.2. The van der Waals surface area contributed by atoms with Gasteiger partial charge in [0.05, 0.1) is 11.2 Å². The van der Waals surface area contributed by atoms with Gasteiger partial charge in [0, 0.05) is 61.2 Å². The second-order valence-corrected chi connectivity index (χ2v) is 8.14. The molecule has 0 aliphatic carbocycles. The van der Waals surface area contributed by atoms with E-state index in [0.717, 1.165) is 23.8 Å². The fourth-order valence-electron chi connectivity index (χ4n) is 3.13. The van der Waals surface area contributed by atoms with E-state index in [1.807, 2.05) is 10.3 Å². The van der Waals surface area contributed by atoms with Gasteiger partial charge in [-0.25, -0.2) is 9.97 Å². The van der Waals surface area contributed by atoms with E-state index in [4.69, 9.17) is 27.6 Å². The SMILES string of the molecule is O=C(CCc1ncc(-c2ccc(Cl)cc2Cl)o1)N1CCN(c2nccs2)CC1. The lowest BCUT2D eigenvalue weighted by Crippen LogP contribution is -2.48. The number of thiazole rings is 1. The highest BCUT2D eigenvalue weighted by Gasteiger charge is 2.22. The van der Waals surface area contributed by atoms with Crippen LogP contribution in [0.5, 0.6) is 0 Å². The largest absolute Gasteiger partial charge is 0.441 e. The predicted molar refractivity (Wildman–Crippen MR) is 111 cm³/mol. The smallest absolute Gasteiger partial charge is 0.223 e. The zero-order valence-corrected chi connectivity index (χ0v) is 17.3. The minimum absolute atomic E-state index is 0.114. The van der Waals surface area contributed by atoms with Gasteiger partial charge in [-0.05, 0) is 18.2 Å². The molecule has 6 nitrogen and oxygen atoms in total. The van der Waals surface area contributed by atoms with Crippen molar-refractivity contribution >= 4 is 45.6 Å². The first-order valence-electron chi connectivity index (χ1n) is 8.92. The Morgan fingerprint density at radius 3 is 2.71 bits per heavy atom. The van der Waals surface area contributed by atoms with Crippen LogP contribution in [0.15, 0.2) is 40.4 Å². The Bertz CT molecular complexity index is 953. The van der Waals surface area contributed by atoms with E-state index in [1.54, 1.807) is 41.9 Å². The molecule has 1 aliphatic heterocycles. The third-order valence-corrected chi connectivity index (χ3v) is 6.01. The lowest BCUT2D eigenvalue weighted by Gasteiger charge is -2.34. The molecule has 0 radical (unpaired) electrons. The minimum Gasteiger partial charge on any atom is -0.441 e. The number of aryl methyl sites for hydroxylation is 1. The molecule has 1 amide bonds. The highest BCUT2D eigenvalue weighted by Crippen LogP contribution is 2.31. The van der Waals surface area contributed by atoms with Crippen molar-refractivity contribution in [3.8, 4) is 11.3 Å². The second-order valence-electron chi connectivity index (χ2n) is 6.42. The first-order chi connectivity index (χ1) is 13.6. The fraction of sp³-hybridized carbons (Fsp3) is 0.316. The number of carbonyl (C=O) groups is 1. The maximum atomic E-state index is 12.5. The molecule has 9 heteroatoms. The normalized spacial score (nSPS) is 14.5. The molecule has 1 fully saturated rings. The van der Waals surface area contributed by atoms with Crippen molar-refractivity contribution in [1.82, 2.24) is 14.9 Å². The predicted octanol–water partition coefficient (Wildman–Crippen LogP) is 4.39. The summed E-state index contributed by atoms with van der Waals surface area (Å²) in [6.45, 7) is 3.01. The molecular weight excluding hydrogens is 419 g/mol. The number of aromatic nitrogens is 2. The molecule has 1 saturated heterocycles. The lowest BCUT2D eigenvalue weighted by molar-refractivity contribution is -0.131. The summed E-state index contributed by atoms with van der Waals surface area (Å²) in [6, 6.07) is 5.21. The van der Waals surface area contributed by atoms with Gasteiger partial charge in [0.15, 0.2) is 16.8 Å². The molecule has 0 saturated carbocycles. The summed E-state index contributed by atoms with van der Waals surface area (Å²) in [5.74, 6) is 1.21. The molecule has 1 aromatic carbocycles. The molecule has 3 aromatic rings. The van der Waals surface area contributed by atoms with Crippen LogP contribution in [-0.4, -0.2) is 47.0 Å². The van der Waals surface area contributed by atoms with E-state index in [2.05, 4.69) is 14.9 Å². The van der Waals surface area contributed by atoms with Crippen LogP contribution in [-0.2, 0) is 11.2 Å². The highest BCUT2D eigenvalue weighted by atomic mass is 35.5. The van der Waals surface area contributed by atoms with Crippen LogP contribution in [0, 0.1) is 0 Å².